The third kappa shape index (κ3) is 6.52. The first-order chi connectivity index (χ1) is 12.7. The van der Waals surface area contributed by atoms with Crippen molar-refractivity contribution in [1.82, 2.24) is 15.5 Å². The predicted octanol–water partition coefficient (Wildman–Crippen LogP) is 3.23. The number of likely N-dealkylation sites (tertiary alicyclic amines) is 1. The molecule has 0 saturated carbocycles. The Morgan fingerprint density at radius 2 is 1.96 bits per heavy atom. The Morgan fingerprint density at radius 1 is 1.27 bits per heavy atom. The van der Waals surface area contributed by atoms with Gasteiger partial charge in [0.1, 0.15) is 5.75 Å². The Labute approximate surface area is 159 Å². The summed E-state index contributed by atoms with van der Waals surface area (Å²) in [5.74, 6) is 2.35. The van der Waals surface area contributed by atoms with Gasteiger partial charge in [0.05, 0.1) is 7.11 Å². The zero-order chi connectivity index (χ0) is 18.8. The van der Waals surface area contributed by atoms with E-state index in [1.807, 2.05) is 19.2 Å². The number of aliphatic imine (C=N–C) groups is 1. The Balaban J connectivity index is 1.70. The summed E-state index contributed by atoms with van der Waals surface area (Å²) in [6, 6.07) is 8.91. The second kappa shape index (κ2) is 11.1. The van der Waals surface area contributed by atoms with Crippen molar-refractivity contribution in [3.63, 3.8) is 0 Å². The van der Waals surface area contributed by atoms with Crippen LogP contribution in [0.3, 0.4) is 0 Å². The normalized spacial score (nSPS) is 17.8. The van der Waals surface area contributed by atoms with Crippen LogP contribution in [0.1, 0.15) is 51.0 Å². The van der Waals surface area contributed by atoms with Gasteiger partial charge in [-0.3, -0.25) is 4.99 Å². The number of benzene rings is 1. The summed E-state index contributed by atoms with van der Waals surface area (Å²) in [4.78, 5) is 6.95. The number of hydrogen-bond donors (Lipinski definition) is 2. The van der Waals surface area contributed by atoms with Gasteiger partial charge >= 0.3 is 0 Å². The van der Waals surface area contributed by atoms with E-state index in [0.717, 1.165) is 24.7 Å². The van der Waals surface area contributed by atoms with E-state index in [-0.39, 0.29) is 0 Å². The highest BCUT2D eigenvalue weighted by atomic mass is 16.5. The first-order valence-corrected chi connectivity index (χ1v) is 9.99. The molecule has 1 aliphatic rings. The topological polar surface area (TPSA) is 48.9 Å². The van der Waals surface area contributed by atoms with Gasteiger partial charge < -0.3 is 20.3 Å². The molecule has 1 aromatic rings. The van der Waals surface area contributed by atoms with Gasteiger partial charge in [-0.25, -0.2) is 0 Å². The summed E-state index contributed by atoms with van der Waals surface area (Å²) in [7, 11) is 3.56. The maximum Gasteiger partial charge on any atom is 0.191 e. The van der Waals surface area contributed by atoms with Gasteiger partial charge in [0.2, 0.25) is 0 Å². The zero-order valence-corrected chi connectivity index (χ0v) is 16.9. The van der Waals surface area contributed by atoms with Crippen LogP contribution >= 0.6 is 0 Å². The van der Waals surface area contributed by atoms with Crippen molar-refractivity contribution in [1.29, 1.82) is 0 Å². The van der Waals surface area contributed by atoms with Crippen molar-refractivity contribution in [3.8, 4) is 5.75 Å². The van der Waals surface area contributed by atoms with Gasteiger partial charge in [-0.15, -0.1) is 0 Å². The molecule has 1 atom stereocenters. The summed E-state index contributed by atoms with van der Waals surface area (Å²) in [5.41, 5.74) is 1.35. The number of rotatable bonds is 8. The number of guanidine groups is 1. The van der Waals surface area contributed by atoms with Crippen LogP contribution in [0, 0.1) is 0 Å². The van der Waals surface area contributed by atoms with E-state index in [1.165, 1.54) is 44.5 Å². The minimum Gasteiger partial charge on any atom is -0.497 e. The van der Waals surface area contributed by atoms with E-state index in [1.54, 1.807) is 7.11 Å². The van der Waals surface area contributed by atoms with Crippen LogP contribution in [-0.2, 0) is 0 Å². The van der Waals surface area contributed by atoms with Gasteiger partial charge in [0.25, 0.3) is 0 Å². The van der Waals surface area contributed by atoms with Crippen molar-refractivity contribution in [2.75, 3.05) is 40.3 Å². The van der Waals surface area contributed by atoms with Gasteiger partial charge in [-0.1, -0.05) is 26.0 Å². The average Bonchev–Trinajstić information content (AvgIpc) is 2.68. The summed E-state index contributed by atoms with van der Waals surface area (Å²) in [6.07, 6.45) is 4.71. The Bertz CT molecular complexity index is 535. The first kappa shape index (κ1) is 20.6. The van der Waals surface area contributed by atoms with Gasteiger partial charge in [-0.05, 0) is 55.8 Å². The van der Waals surface area contributed by atoms with Crippen molar-refractivity contribution in [3.05, 3.63) is 29.8 Å². The molecule has 5 heteroatoms. The fourth-order valence-corrected chi connectivity index (χ4v) is 3.51. The molecule has 1 heterocycles. The number of hydrogen-bond acceptors (Lipinski definition) is 3. The molecule has 1 saturated heterocycles. The summed E-state index contributed by atoms with van der Waals surface area (Å²) >= 11 is 0. The fourth-order valence-electron chi connectivity index (χ4n) is 3.51. The molecule has 1 unspecified atom stereocenters. The maximum absolute atomic E-state index is 5.23. The van der Waals surface area contributed by atoms with Crippen LogP contribution in [0.5, 0.6) is 5.75 Å². The quantitative estimate of drug-likeness (QED) is 0.552. The summed E-state index contributed by atoms with van der Waals surface area (Å²) in [6.45, 7) is 9.05. The van der Waals surface area contributed by atoms with Crippen LogP contribution in [0.2, 0.25) is 0 Å². The maximum atomic E-state index is 5.23. The molecule has 5 nitrogen and oxygen atoms in total. The lowest BCUT2D eigenvalue weighted by Gasteiger charge is -2.32. The molecule has 146 valence electrons. The molecular formula is C21H36N4O. The van der Waals surface area contributed by atoms with Crippen LogP contribution < -0.4 is 15.4 Å². The lowest BCUT2D eigenvalue weighted by Crippen LogP contribution is -2.49. The largest absolute Gasteiger partial charge is 0.497 e. The first-order valence-electron chi connectivity index (χ1n) is 9.99. The molecule has 1 aliphatic heterocycles. The molecule has 1 fully saturated rings. The van der Waals surface area contributed by atoms with Crippen molar-refractivity contribution < 1.29 is 4.74 Å². The van der Waals surface area contributed by atoms with Crippen molar-refractivity contribution >= 4 is 5.96 Å². The molecule has 0 spiro atoms. The Hall–Kier alpha value is -1.75. The van der Waals surface area contributed by atoms with Crippen LogP contribution in [-0.4, -0.2) is 57.2 Å². The van der Waals surface area contributed by atoms with Gasteiger partial charge in [0, 0.05) is 32.7 Å². The highest BCUT2D eigenvalue weighted by Gasteiger charge is 2.19. The third-order valence-corrected chi connectivity index (χ3v) is 5.25. The lowest BCUT2D eigenvalue weighted by molar-refractivity contribution is 0.206. The highest BCUT2D eigenvalue weighted by molar-refractivity contribution is 5.79. The molecular weight excluding hydrogens is 324 g/mol. The number of nitrogens with zero attached hydrogens (tertiary/aromatic N) is 2. The van der Waals surface area contributed by atoms with E-state index >= 15 is 0 Å². The zero-order valence-electron chi connectivity index (χ0n) is 16.9. The van der Waals surface area contributed by atoms with Crippen LogP contribution in [0.15, 0.2) is 29.3 Å². The average molecular weight is 361 g/mol. The second-order valence-electron chi connectivity index (χ2n) is 7.22. The lowest BCUT2D eigenvalue weighted by atomic mass is 9.98. The molecule has 2 rings (SSSR count). The standard InChI is InChI=1S/C21H36N4O/c1-5-14-25-15-11-19(12-16-25)24-21(22-3)23-13-10-17(2)18-6-8-20(26-4)9-7-18/h6-9,17,19H,5,10-16H2,1-4H3,(H2,22,23,24). The molecule has 26 heavy (non-hydrogen) atoms. The predicted molar refractivity (Wildman–Crippen MR) is 110 cm³/mol. The second-order valence-corrected chi connectivity index (χ2v) is 7.22. The fraction of sp³-hybridized carbons (Fsp3) is 0.667. The van der Waals surface area contributed by atoms with E-state index in [0.29, 0.717) is 12.0 Å². The Morgan fingerprint density at radius 3 is 2.54 bits per heavy atom. The van der Waals surface area contributed by atoms with Crippen molar-refractivity contribution in [2.24, 2.45) is 4.99 Å². The minimum absolute atomic E-state index is 0.504. The molecule has 0 amide bonds. The number of nitrogens with one attached hydrogen (secondary N) is 2. The van der Waals surface area contributed by atoms with Crippen LogP contribution in [0.4, 0.5) is 0 Å². The third-order valence-electron chi connectivity index (χ3n) is 5.25. The molecule has 0 radical (unpaired) electrons. The molecule has 1 aromatic carbocycles. The summed E-state index contributed by atoms with van der Waals surface area (Å²) < 4.78 is 5.23. The minimum atomic E-state index is 0.504. The van der Waals surface area contributed by atoms with E-state index < -0.39 is 0 Å². The van der Waals surface area contributed by atoms with Crippen molar-refractivity contribution in [2.45, 2.75) is 51.5 Å². The molecule has 2 N–H and O–H groups in total. The number of piperidine rings is 1. The van der Waals surface area contributed by atoms with Crippen LogP contribution in [0.25, 0.3) is 0 Å². The van der Waals surface area contributed by atoms with E-state index in [2.05, 4.69) is 46.5 Å². The van der Waals surface area contributed by atoms with E-state index in [4.69, 9.17) is 4.74 Å². The van der Waals surface area contributed by atoms with Gasteiger partial charge in [0.15, 0.2) is 5.96 Å². The summed E-state index contributed by atoms with van der Waals surface area (Å²) in [5, 5.41) is 7.07. The van der Waals surface area contributed by atoms with E-state index in [9.17, 15) is 0 Å². The Kier molecular flexibility index (Phi) is 8.75. The monoisotopic (exact) mass is 360 g/mol. The highest BCUT2D eigenvalue weighted by Crippen LogP contribution is 2.21. The number of ether oxygens (including phenoxy) is 1. The molecule has 0 aromatic heterocycles. The molecule has 0 bridgehead atoms. The smallest absolute Gasteiger partial charge is 0.191 e. The SMILES string of the molecule is CCCN1CCC(NC(=NC)NCCC(C)c2ccc(OC)cc2)CC1. The van der Waals surface area contributed by atoms with Gasteiger partial charge in [-0.2, -0.15) is 0 Å². The molecule has 0 aliphatic carbocycles. The number of methoxy groups -OCH3 is 1.